The molecule has 1 aliphatic rings. The number of carboxylic acid groups (broad SMARTS) is 1. The van der Waals surface area contributed by atoms with Gasteiger partial charge in [-0.15, -0.1) is 6.58 Å². The van der Waals surface area contributed by atoms with E-state index in [2.05, 4.69) is 11.9 Å². The van der Waals surface area contributed by atoms with Crippen molar-refractivity contribution in [2.24, 2.45) is 0 Å². The van der Waals surface area contributed by atoms with Gasteiger partial charge < -0.3 is 20.1 Å². The van der Waals surface area contributed by atoms with Crippen molar-refractivity contribution in [2.45, 2.75) is 18.9 Å². The van der Waals surface area contributed by atoms with Crippen LogP contribution in [0, 0.1) is 0 Å². The van der Waals surface area contributed by atoms with E-state index in [1.54, 1.807) is 29.2 Å². The van der Waals surface area contributed by atoms with Gasteiger partial charge in [0.1, 0.15) is 0 Å². The smallest absolute Gasteiger partial charge is 0.328 e. The summed E-state index contributed by atoms with van der Waals surface area (Å²) in [6, 6.07) is 5.42. The standard InChI is InChI=1S/C17H20N2O5/c1-2-9-24-11-14(17(22)23)18-16(21)12-5-3-6-13(10-12)19-8-4-7-15(19)20/h2-3,5-6,10,14H,1,4,7-9,11H2,(H,18,21)(H,22,23). The fourth-order valence-corrected chi connectivity index (χ4v) is 2.42. The molecule has 1 aliphatic heterocycles. The van der Waals surface area contributed by atoms with Gasteiger partial charge in [-0.25, -0.2) is 4.79 Å². The number of anilines is 1. The lowest BCUT2D eigenvalue weighted by molar-refractivity contribution is -0.140. The first-order valence-electron chi connectivity index (χ1n) is 7.65. The lowest BCUT2D eigenvalue weighted by Gasteiger charge is -2.18. The number of carbonyl (C=O) groups is 3. The number of hydrogen-bond acceptors (Lipinski definition) is 4. The number of nitrogens with zero attached hydrogens (tertiary/aromatic N) is 1. The number of benzene rings is 1. The molecule has 0 radical (unpaired) electrons. The molecule has 2 rings (SSSR count). The van der Waals surface area contributed by atoms with Crippen LogP contribution in [0.1, 0.15) is 23.2 Å². The first-order chi connectivity index (χ1) is 11.5. The maximum absolute atomic E-state index is 12.3. The Hall–Kier alpha value is -2.67. The van der Waals surface area contributed by atoms with Crippen LogP contribution in [-0.2, 0) is 14.3 Å². The highest BCUT2D eigenvalue weighted by molar-refractivity contribution is 6.00. The number of ether oxygens (including phenoxy) is 1. The first-order valence-corrected chi connectivity index (χ1v) is 7.65. The van der Waals surface area contributed by atoms with Crippen LogP contribution in [0.15, 0.2) is 36.9 Å². The molecule has 7 nitrogen and oxygen atoms in total. The van der Waals surface area contributed by atoms with Crippen molar-refractivity contribution in [3.05, 3.63) is 42.5 Å². The number of amides is 2. The van der Waals surface area contributed by atoms with E-state index in [1.807, 2.05) is 0 Å². The summed E-state index contributed by atoms with van der Waals surface area (Å²) in [6.07, 6.45) is 2.78. The minimum absolute atomic E-state index is 0.0220. The highest BCUT2D eigenvalue weighted by atomic mass is 16.5. The molecule has 1 atom stereocenters. The molecule has 0 aliphatic carbocycles. The van der Waals surface area contributed by atoms with Gasteiger partial charge in [0.15, 0.2) is 6.04 Å². The Labute approximate surface area is 139 Å². The summed E-state index contributed by atoms with van der Waals surface area (Å²) in [5.41, 5.74) is 0.933. The predicted molar refractivity (Wildman–Crippen MR) is 87.9 cm³/mol. The molecule has 1 fully saturated rings. The minimum atomic E-state index is -1.18. The molecule has 2 amide bonds. The van der Waals surface area contributed by atoms with E-state index in [-0.39, 0.29) is 19.1 Å². The van der Waals surface area contributed by atoms with Crippen molar-refractivity contribution in [1.82, 2.24) is 5.32 Å². The quantitative estimate of drug-likeness (QED) is 0.551. The summed E-state index contributed by atoms with van der Waals surface area (Å²) < 4.78 is 5.10. The van der Waals surface area contributed by atoms with Crippen molar-refractivity contribution < 1.29 is 24.2 Å². The molecule has 0 aromatic heterocycles. The predicted octanol–water partition coefficient (Wildman–Crippen LogP) is 1.20. The number of aliphatic carboxylic acids is 1. The van der Waals surface area contributed by atoms with E-state index < -0.39 is 17.9 Å². The summed E-state index contributed by atoms with van der Waals surface area (Å²) in [7, 11) is 0. The Morgan fingerprint density at radius 2 is 2.25 bits per heavy atom. The Balaban J connectivity index is 2.06. The Bertz CT molecular complexity index is 644. The second-order valence-electron chi connectivity index (χ2n) is 5.39. The largest absolute Gasteiger partial charge is 0.480 e. The zero-order chi connectivity index (χ0) is 17.5. The zero-order valence-electron chi connectivity index (χ0n) is 13.2. The van der Waals surface area contributed by atoms with Crippen molar-refractivity contribution in [2.75, 3.05) is 24.7 Å². The molecule has 0 bridgehead atoms. The van der Waals surface area contributed by atoms with Crippen molar-refractivity contribution >= 4 is 23.5 Å². The van der Waals surface area contributed by atoms with Crippen LogP contribution in [0.25, 0.3) is 0 Å². The number of carboxylic acids is 1. The van der Waals surface area contributed by atoms with Crippen LogP contribution in [0.3, 0.4) is 0 Å². The van der Waals surface area contributed by atoms with E-state index in [0.717, 1.165) is 6.42 Å². The normalized spacial score (nSPS) is 15.2. The zero-order valence-corrected chi connectivity index (χ0v) is 13.2. The van der Waals surface area contributed by atoms with Crippen molar-refractivity contribution in [3.63, 3.8) is 0 Å². The number of nitrogens with one attached hydrogen (secondary N) is 1. The minimum Gasteiger partial charge on any atom is -0.480 e. The van der Waals surface area contributed by atoms with E-state index in [4.69, 9.17) is 9.84 Å². The van der Waals surface area contributed by atoms with Gasteiger partial charge in [0.05, 0.1) is 13.2 Å². The molecule has 1 unspecified atom stereocenters. The summed E-state index contributed by atoms with van der Waals surface area (Å²) >= 11 is 0. The number of rotatable bonds is 8. The van der Waals surface area contributed by atoms with Crippen LogP contribution < -0.4 is 10.2 Å². The highest BCUT2D eigenvalue weighted by Crippen LogP contribution is 2.22. The third kappa shape index (κ3) is 4.42. The molecular weight excluding hydrogens is 312 g/mol. The molecule has 128 valence electrons. The Kier molecular flexibility index (Phi) is 6.08. The number of carbonyl (C=O) groups excluding carboxylic acids is 2. The molecular formula is C17H20N2O5. The van der Waals surface area contributed by atoms with E-state index in [9.17, 15) is 14.4 Å². The Morgan fingerprint density at radius 1 is 1.46 bits per heavy atom. The van der Waals surface area contributed by atoms with Crippen molar-refractivity contribution in [3.8, 4) is 0 Å². The average molecular weight is 332 g/mol. The van der Waals surface area contributed by atoms with Gasteiger partial charge in [-0.05, 0) is 24.6 Å². The fourth-order valence-electron chi connectivity index (χ4n) is 2.42. The SMILES string of the molecule is C=CCOCC(NC(=O)c1cccc(N2CCCC2=O)c1)C(=O)O. The van der Waals surface area contributed by atoms with E-state index in [1.165, 1.54) is 6.08 Å². The van der Waals surface area contributed by atoms with E-state index >= 15 is 0 Å². The van der Waals surface area contributed by atoms with Crippen molar-refractivity contribution in [1.29, 1.82) is 0 Å². The van der Waals surface area contributed by atoms with Gasteiger partial charge >= 0.3 is 5.97 Å². The van der Waals surface area contributed by atoms with Crippen LogP contribution in [-0.4, -0.2) is 48.7 Å². The molecule has 1 saturated heterocycles. The number of hydrogen-bond donors (Lipinski definition) is 2. The van der Waals surface area contributed by atoms with Gasteiger partial charge in [0.2, 0.25) is 5.91 Å². The lowest BCUT2D eigenvalue weighted by Crippen LogP contribution is -2.44. The monoisotopic (exact) mass is 332 g/mol. The van der Waals surface area contributed by atoms with Gasteiger partial charge in [-0.2, -0.15) is 0 Å². The van der Waals surface area contributed by atoms with E-state index in [0.29, 0.717) is 24.2 Å². The lowest BCUT2D eigenvalue weighted by atomic mass is 10.1. The molecule has 0 spiro atoms. The third-order valence-corrected chi connectivity index (χ3v) is 3.62. The fraction of sp³-hybridized carbons (Fsp3) is 0.353. The van der Waals surface area contributed by atoms with Crippen LogP contribution in [0.2, 0.25) is 0 Å². The molecule has 1 aromatic rings. The maximum Gasteiger partial charge on any atom is 0.328 e. The maximum atomic E-state index is 12.3. The van der Waals surface area contributed by atoms with Crippen LogP contribution in [0.5, 0.6) is 0 Å². The first kappa shape index (κ1) is 17.7. The average Bonchev–Trinajstić information content (AvgIpc) is 3.00. The molecule has 2 N–H and O–H groups in total. The third-order valence-electron chi connectivity index (χ3n) is 3.62. The van der Waals surface area contributed by atoms with Gasteiger partial charge in [-0.1, -0.05) is 12.1 Å². The Morgan fingerprint density at radius 3 is 2.88 bits per heavy atom. The molecule has 1 aromatic carbocycles. The van der Waals surface area contributed by atoms with Gasteiger partial charge in [0, 0.05) is 24.2 Å². The van der Waals surface area contributed by atoms with Crippen LogP contribution >= 0.6 is 0 Å². The summed E-state index contributed by atoms with van der Waals surface area (Å²) in [4.78, 5) is 36.9. The summed E-state index contributed by atoms with van der Waals surface area (Å²) in [5.74, 6) is -1.69. The van der Waals surface area contributed by atoms with Gasteiger partial charge in [0.25, 0.3) is 5.91 Å². The highest BCUT2D eigenvalue weighted by Gasteiger charge is 2.24. The van der Waals surface area contributed by atoms with Crippen LogP contribution in [0.4, 0.5) is 5.69 Å². The summed E-state index contributed by atoms with van der Waals surface area (Å²) in [5, 5.41) is 11.6. The second-order valence-corrected chi connectivity index (χ2v) is 5.39. The molecule has 7 heteroatoms. The second kappa shape index (κ2) is 8.26. The summed E-state index contributed by atoms with van der Waals surface area (Å²) in [6.45, 7) is 4.14. The molecule has 0 saturated carbocycles. The molecule has 24 heavy (non-hydrogen) atoms. The molecule has 1 heterocycles. The van der Waals surface area contributed by atoms with Gasteiger partial charge in [-0.3, -0.25) is 9.59 Å². The topological polar surface area (TPSA) is 95.9 Å².